The lowest BCUT2D eigenvalue weighted by Gasteiger charge is -2.35. The lowest BCUT2D eigenvalue weighted by molar-refractivity contribution is -0.117. The van der Waals surface area contributed by atoms with E-state index in [0.29, 0.717) is 15.4 Å². The van der Waals surface area contributed by atoms with Gasteiger partial charge in [-0.3, -0.25) is 14.5 Å². The van der Waals surface area contributed by atoms with Crippen molar-refractivity contribution < 1.29 is 23.9 Å². The number of nitrogens with zero attached hydrogens (tertiary/aromatic N) is 3. The molecule has 0 bridgehead atoms. The number of anilines is 2. The number of carbonyl (C=O) groups excluding carboxylic acids is 3. The zero-order chi connectivity index (χ0) is 24.8. The number of hydrogen-bond acceptors (Lipinski definition) is 8. The van der Waals surface area contributed by atoms with E-state index in [1.165, 1.54) is 4.90 Å². The minimum absolute atomic E-state index is 0.201. The Morgan fingerprint density at radius 3 is 2.29 bits per heavy atom. The van der Waals surface area contributed by atoms with Crippen molar-refractivity contribution in [1.29, 1.82) is 0 Å². The molecule has 1 saturated heterocycles. The first-order valence-corrected chi connectivity index (χ1v) is 12.0. The molecule has 1 aliphatic rings. The number of hydrogen-bond donors (Lipinski definition) is 1. The van der Waals surface area contributed by atoms with Gasteiger partial charge in [0.1, 0.15) is 10.8 Å². The SMILES string of the molecule is CCOC(=O)c1c(NC(=O)CN2CCN(c3ccc(OC)cc3)CC2)sc(C(=O)N(C)C)c1C. The Labute approximate surface area is 204 Å². The summed E-state index contributed by atoms with van der Waals surface area (Å²) in [6, 6.07) is 7.94. The van der Waals surface area contributed by atoms with Crippen molar-refractivity contribution in [2.75, 3.05) is 70.8 Å². The molecule has 9 nitrogen and oxygen atoms in total. The van der Waals surface area contributed by atoms with Crippen LogP contribution in [0.25, 0.3) is 0 Å². The molecule has 3 rings (SSSR count). The third kappa shape index (κ3) is 5.87. The summed E-state index contributed by atoms with van der Waals surface area (Å²) in [5.74, 6) is -0.172. The van der Waals surface area contributed by atoms with Crippen LogP contribution in [-0.4, -0.2) is 88.1 Å². The van der Waals surface area contributed by atoms with Crippen LogP contribution in [0.4, 0.5) is 10.7 Å². The summed E-state index contributed by atoms with van der Waals surface area (Å²) < 4.78 is 10.4. The highest BCUT2D eigenvalue weighted by Crippen LogP contribution is 2.34. The molecular weight excluding hydrogens is 456 g/mol. The number of esters is 1. The number of rotatable bonds is 8. The highest BCUT2D eigenvalue weighted by Gasteiger charge is 2.28. The van der Waals surface area contributed by atoms with Crippen molar-refractivity contribution in [3.05, 3.63) is 40.3 Å². The van der Waals surface area contributed by atoms with Crippen LogP contribution in [0.2, 0.25) is 0 Å². The fraction of sp³-hybridized carbons (Fsp3) is 0.458. The largest absolute Gasteiger partial charge is 0.497 e. The highest BCUT2D eigenvalue weighted by molar-refractivity contribution is 7.18. The van der Waals surface area contributed by atoms with E-state index in [4.69, 9.17) is 9.47 Å². The Bertz CT molecular complexity index is 1030. The molecule has 34 heavy (non-hydrogen) atoms. The maximum atomic E-state index is 12.8. The van der Waals surface area contributed by atoms with E-state index in [1.54, 1.807) is 35.1 Å². The summed E-state index contributed by atoms with van der Waals surface area (Å²) in [6.45, 7) is 6.89. The molecule has 1 aliphatic heterocycles. The predicted molar refractivity (Wildman–Crippen MR) is 133 cm³/mol. The average Bonchev–Trinajstić information content (AvgIpc) is 3.14. The number of methoxy groups -OCH3 is 1. The van der Waals surface area contributed by atoms with Gasteiger partial charge in [0.25, 0.3) is 5.91 Å². The van der Waals surface area contributed by atoms with Crippen LogP contribution in [0.15, 0.2) is 24.3 Å². The van der Waals surface area contributed by atoms with E-state index in [-0.39, 0.29) is 30.5 Å². The van der Waals surface area contributed by atoms with Crippen LogP contribution in [-0.2, 0) is 9.53 Å². The van der Waals surface area contributed by atoms with E-state index in [2.05, 4.69) is 15.1 Å². The molecule has 2 heterocycles. The number of ether oxygens (including phenoxy) is 2. The summed E-state index contributed by atoms with van der Waals surface area (Å²) in [5.41, 5.74) is 1.89. The zero-order valence-corrected chi connectivity index (χ0v) is 21.2. The molecule has 1 aromatic heterocycles. The Hall–Kier alpha value is -3.11. The van der Waals surface area contributed by atoms with Gasteiger partial charge in [-0.25, -0.2) is 4.79 Å². The maximum Gasteiger partial charge on any atom is 0.341 e. The van der Waals surface area contributed by atoms with Crippen LogP contribution in [0.3, 0.4) is 0 Å². The van der Waals surface area contributed by atoms with E-state index in [0.717, 1.165) is 49.0 Å². The number of benzene rings is 1. The molecule has 2 aromatic rings. The fourth-order valence-electron chi connectivity index (χ4n) is 3.78. The highest BCUT2D eigenvalue weighted by atomic mass is 32.1. The Morgan fingerprint density at radius 2 is 1.74 bits per heavy atom. The van der Waals surface area contributed by atoms with Crippen molar-refractivity contribution in [2.24, 2.45) is 0 Å². The zero-order valence-electron chi connectivity index (χ0n) is 20.3. The van der Waals surface area contributed by atoms with Gasteiger partial charge in [0, 0.05) is 46.0 Å². The third-order valence-electron chi connectivity index (χ3n) is 5.66. The van der Waals surface area contributed by atoms with Crippen molar-refractivity contribution in [3.8, 4) is 5.75 Å². The monoisotopic (exact) mass is 488 g/mol. The molecule has 2 amide bonds. The summed E-state index contributed by atoms with van der Waals surface area (Å²) >= 11 is 1.11. The fourth-order valence-corrected chi connectivity index (χ4v) is 5.02. The minimum Gasteiger partial charge on any atom is -0.497 e. The van der Waals surface area contributed by atoms with Crippen LogP contribution < -0.4 is 15.0 Å². The Morgan fingerprint density at radius 1 is 1.09 bits per heavy atom. The topological polar surface area (TPSA) is 91.4 Å². The Kier molecular flexibility index (Phi) is 8.51. The van der Waals surface area contributed by atoms with Gasteiger partial charge in [0.05, 0.1) is 30.7 Å². The van der Waals surface area contributed by atoms with Crippen molar-refractivity contribution in [1.82, 2.24) is 9.80 Å². The van der Waals surface area contributed by atoms with Gasteiger partial charge >= 0.3 is 5.97 Å². The molecule has 184 valence electrons. The normalized spacial score (nSPS) is 14.0. The van der Waals surface area contributed by atoms with Gasteiger partial charge in [-0.05, 0) is 43.7 Å². The van der Waals surface area contributed by atoms with Gasteiger partial charge in [-0.15, -0.1) is 11.3 Å². The van der Waals surface area contributed by atoms with Gasteiger partial charge in [0.2, 0.25) is 5.91 Å². The first-order chi connectivity index (χ1) is 16.2. The van der Waals surface area contributed by atoms with E-state index < -0.39 is 5.97 Å². The molecule has 0 atom stereocenters. The molecule has 0 saturated carbocycles. The average molecular weight is 489 g/mol. The number of piperazine rings is 1. The van der Waals surface area contributed by atoms with Gasteiger partial charge in [0.15, 0.2) is 0 Å². The predicted octanol–water partition coefficient (Wildman–Crippen LogP) is 2.70. The quantitative estimate of drug-likeness (QED) is 0.571. The second-order valence-electron chi connectivity index (χ2n) is 8.19. The van der Waals surface area contributed by atoms with E-state index in [1.807, 2.05) is 24.3 Å². The smallest absolute Gasteiger partial charge is 0.341 e. The lowest BCUT2D eigenvalue weighted by atomic mass is 10.1. The maximum absolute atomic E-state index is 12.8. The molecule has 1 N–H and O–H groups in total. The summed E-state index contributed by atoms with van der Waals surface area (Å²) in [5, 5.41) is 3.20. The lowest BCUT2D eigenvalue weighted by Crippen LogP contribution is -2.48. The number of amides is 2. The number of carbonyl (C=O) groups is 3. The molecule has 0 radical (unpaired) electrons. The van der Waals surface area contributed by atoms with Crippen molar-refractivity contribution in [3.63, 3.8) is 0 Å². The minimum atomic E-state index is -0.544. The molecule has 0 aliphatic carbocycles. The second kappa shape index (κ2) is 11.3. The van der Waals surface area contributed by atoms with Gasteiger partial charge in [-0.2, -0.15) is 0 Å². The van der Waals surface area contributed by atoms with Gasteiger partial charge < -0.3 is 24.6 Å². The Balaban J connectivity index is 1.64. The third-order valence-corrected chi connectivity index (χ3v) is 6.85. The molecule has 10 heteroatoms. The van der Waals surface area contributed by atoms with Crippen molar-refractivity contribution in [2.45, 2.75) is 13.8 Å². The first-order valence-electron chi connectivity index (χ1n) is 11.2. The van der Waals surface area contributed by atoms with Gasteiger partial charge in [-0.1, -0.05) is 0 Å². The standard InChI is InChI=1S/C24H32N4O5S/c1-6-33-24(31)20-16(2)21(23(30)26(3)4)34-22(20)25-19(29)15-27-11-13-28(14-12-27)17-7-9-18(32-5)10-8-17/h7-10H,6,11-15H2,1-5H3,(H,25,29). The van der Waals surface area contributed by atoms with Crippen molar-refractivity contribution >= 4 is 39.8 Å². The van der Waals surface area contributed by atoms with Crippen LogP contribution in [0.5, 0.6) is 5.75 Å². The molecular formula is C24H32N4O5S. The van der Waals surface area contributed by atoms with E-state index in [9.17, 15) is 14.4 Å². The summed E-state index contributed by atoms with van der Waals surface area (Å²) in [6.07, 6.45) is 0. The molecule has 0 spiro atoms. The summed E-state index contributed by atoms with van der Waals surface area (Å²) in [4.78, 5) is 44.2. The summed E-state index contributed by atoms with van der Waals surface area (Å²) in [7, 11) is 4.94. The first kappa shape index (κ1) is 25.5. The van der Waals surface area contributed by atoms with E-state index >= 15 is 0 Å². The van der Waals surface area contributed by atoms with Crippen LogP contribution >= 0.6 is 11.3 Å². The molecule has 0 unspecified atom stereocenters. The number of thiophene rings is 1. The second-order valence-corrected chi connectivity index (χ2v) is 9.21. The number of nitrogens with one attached hydrogen (secondary N) is 1. The van der Waals surface area contributed by atoms with Crippen LogP contribution in [0.1, 0.15) is 32.5 Å². The molecule has 1 fully saturated rings. The molecule has 1 aromatic carbocycles. The van der Waals surface area contributed by atoms with Crippen LogP contribution in [0, 0.1) is 6.92 Å².